The van der Waals surface area contributed by atoms with Crippen molar-refractivity contribution in [3.8, 4) is 0 Å². The van der Waals surface area contributed by atoms with Crippen LogP contribution in [0.25, 0.3) is 0 Å². The van der Waals surface area contributed by atoms with Crippen LogP contribution in [0.4, 0.5) is 0 Å². The van der Waals surface area contributed by atoms with Gasteiger partial charge in [-0.15, -0.1) is 0 Å². The summed E-state index contributed by atoms with van der Waals surface area (Å²) in [5.74, 6) is -0.0537. The number of cyclic esters (lactones) is 1. The maximum absolute atomic E-state index is 12.4. The van der Waals surface area contributed by atoms with Crippen molar-refractivity contribution in [2.24, 2.45) is 0 Å². The Morgan fingerprint density at radius 2 is 1.65 bits per heavy atom. The number of ether oxygens (including phenoxy) is 1. The van der Waals surface area contributed by atoms with Crippen molar-refractivity contribution in [1.82, 2.24) is 4.90 Å². The van der Waals surface area contributed by atoms with Gasteiger partial charge in [0.25, 0.3) is 5.91 Å². The van der Waals surface area contributed by atoms with E-state index < -0.39 is 6.10 Å². The van der Waals surface area contributed by atoms with Crippen LogP contribution < -0.4 is 0 Å². The molecule has 4 nitrogen and oxygen atoms in total. The van der Waals surface area contributed by atoms with Crippen molar-refractivity contribution in [3.05, 3.63) is 71.8 Å². The van der Waals surface area contributed by atoms with Gasteiger partial charge in [0.05, 0.1) is 0 Å². The van der Waals surface area contributed by atoms with E-state index >= 15 is 0 Å². The minimum atomic E-state index is -0.591. The van der Waals surface area contributed by atoms with Crippen molar-refractivity contribution in [1.29, 1.82) is 0 Å². The first-order valence-electron chi connectivity index (χ1n) is 9.19. The molecule has 3 rings (SSSR count). The number of rotatable bonds is 7. The Morgan fingerprint density at radius 3 is 2.15 bits per heavy atom. The normalized spacial score (nSPS) is 16.5. The second kappa shape index (κ2) is 8.65. The summed E-state index contributed by atoms with van der Waals surface area (Å²) in [5, 5.41) is 0. The van der Waals surface area contributed by atoms with Gasteiger partial charge in [-0.2, -0.15) is 0 Å². The highest BCUT2D eigenvalue weighted by atomic mass is 16.6. The molecule has 1 fully saturated rings. The molecule has 2 aromatic carbocycles. The molecule has 0 bridgehead atoms. The van der Waals surface area contributed by atoms with Gasteiger partial charge in [-0.05, 0) is 24.0 Å². The molecule has 0 aromatic heterocycles. The number of nitrogens with zero attached hydrogens (tertiary/aromatic N) is 1. The second-order valence-corrected chi connectivity index (χ2v) is 6.79. The third-order valence-corrected chi connectivity index (χ3v) is 4.93. The first-order chi connectivity index (χ1) is 12.6. The number of carbonyl (C=O) groups excluding carboxylic acids is 2. The predicted molar refractivity (Wildman–Crippen MR) is 101 cm³/mol. The summed E-state index contributed by atoms with van der Waals surface area (Å²) in [6.07, 6.45) is 2.09. The Kier molecular flexibility index (Phi) is 6.05. The van der Waals surface area contributed by atoms with Crippen LogP contribution >= 0.6 is 0 Å². The lowest BCUT2D eigenvalue weighted by atomic mass is 9.87. The van der Waals surface area contributed by atoms with Crippen LogP contribution in [0.5, 0.6) is 0 Å². The number of hydrogen-bond acceptors (Lipinski definition) is 3. The summed E-state index contributed by atoms with van der Waals surface area (Å²) in [5.41, 5.74) is 2.58. The van der Waals surface area contributed by atoms with Gasteiger partial charge in [-0.1, -0.05) is 60.7 Å². The van der Waals surface area contributed by atoms with Gasteiger partial charge in [-0.25, -0.2) is 0 Å². The predicted octanol–water partition coefficient (Wildman–Crippen LogP) is 3.76. The van der Waals surface area contributed by atoms with Gasteiger partial charge in [0.15, 0.2) is 6.10 Å². The van der Waals surface area contributed by atoms with Gasteiger partial charge in [0.2, 0.25) is 0 Å². The molecule has 1 aliphatic rings. The third-order valence-electron chi connectivity index (χ3n) is 4.93. The zero-order valence-corrected chi connectivity index (χ0v) is 15.1. The van der Waals surface area contributed by atoms with Gasteiger partial charge < -0.3 is 9.64 Å². The Hall–Kier alpha value is -2.62. The van der Waals surface area contributed by atoms with Crippen LogP contribution in [0.2, 0.25) is 0 Å². The number of esters is 1. The maximum atomic E-state index is 12.4. The molecule has 2 aromatic rings. The molecule has 136 valence electrons. The summed E-state index contributed by atoms with van der Waals surface area (Å²) >= 11 is 0. The Labute approximate surface area is 154 Å². The van der Waals surface area contributed by atoms with E-state index in [4.69, 9.17) is 4.74 Å². The summed E-state index contributed by atoms with van der Waals surface area (Å²) in [6, 6.07) is 20.9. The molecule has 26 heavy (non-hydrogen) atoms. The van der Waals surface area contributed by atoms with Crippen LogP contribution in [-0.4, -0.2) is 36.5 Å². The molecule has 1 aliphatic heterocycles. The minimum Gasteiger partial charge on any atom is -0.452 e. The zero-order valence-electron chi connectivity index (χ0n) is 15.1. The number of likely N-dealkylation sites (N-methyl/N-ethyl adjacent to an activating group) is 1. The van der Waals surface area contributed by atoms with Crippen LogP contribution in [0.3, 0.4) is 0 Å². The smallest absolute Gasteiger partial charge is 0.306 e. The van der Waals surface area contributed by atoms with E-state index in [0.717, 1.165) is 12.8 Å². The molecule has 0 radical (unpaired) electrons. The zero-order chi connectivity index (χ0) is 18.4. The SMILES string of the molecule is CN(CCCC(c1ccccc1)c1ccccc1)C(=O)C1CCC(=O)O1. The monoisotopic (exact) mass is 351 g/mol. The first kappa shape index (κ1) is 18.2. The highest BCUT2D eigenvalue weighted by molar-refractivity contribution is 5.86. The van der Waals surface area contributed by atoms with E-state index in [1.54, 1.807) is 11.9 Å². The lowest BCUT2D eigenvalue weighted by Gasteiger charge is -2.22. The quantitative estimate of drug-likeness (QED) is 0.714. The van der Waals surface area contributed by atoms with Gasteiger partial charge in [0.1, 0.15) is 0 Å². The lowest BCUT2D eigenvalue weighted by molar-refractivity contribution is -0.152. The van der Waals surface area contributed by atoms with Crippen LogP contribution in [0.1, 0.15) is 42.7 Å². The fourth-order valence-electron chi connectivity index (χ4n) is 3.48. The van der Waals surface area contributed by atoms with Crippen molar-refractivity contribution in [2.75, 3.05) is 13.6 Å². The average Bonchev–Trinajstić information content (AvgIpc) is 3.12. The van der Waals surface area contributed by atoms with E-state index in [9.17, 15) is 9.59 Å². The van der Waals surface area contributed by atoms with Gasteiger partial charge in [0, 0.05) is 32.4 Å². The summed E-state index contributed by atoms with van der Waals surface area (Å²) < 4.78 is 5.08. The highest BCUT2D eigenvalue weighted by Gasteiger charge is 2.31. The summed E-state index contributed by atoms with van der Waals surface area (Å²) in [7, 11) is 1.79. The van der Waals surface area contributed by atoms with E-state index in [1.807, 2.05) is 12.1 Å². The van der Waals surface area contributed by atoms with E-state index in [1.165, 1.54) is 11.1 Å². The molecule has 1 unspecified atom stereocenters. The standard InChI is InChI=1S/C22H25NO3/c1-23(22(25)20-14-15-21(24)26-20)16-8-13-19(17-9-4-2-5-10-17)18-11-6-3-7-12-18/h2-7,9-12,19-20H,8,13-16H2,1H3. The van der Waals surface area contributed by atoms with Crippen LogP contribution in [-0.2, 0) is 14.3 Å². The molecule has 1 saturated heterocycles. The molecular weight excluding hydrogens is 326 g/mol. The van der Waals surface area contributed by atoms with Crippen molar-refractivity contribution < 1.29 is 14.3 Å². The minimum absolute atomic E-state index is 0.0909. The van der Waals surface area contributed by atoms with E-state index in [0.29, 0.717) is 25.3 Å². The number of amides is 1. The number of carbonyl (C=O) groups is 2. The Bertz CT molecular complexity index is 690. The summed E-state index contributed by atoms with van der Waals surface area (Å²) in [6.45, 7) is 0.656. The molecule has 1 amide bonds. The molecular formula is C22H25NO3. The second-order valence-electron chi connectivity index (χ2n) is 6.79. The molecule has 0 spiro atoms. The van der Waals surface area contributed by atoms with E-state index in [2.05, 4.69) is 48.5 Å². The van der Waals surface area contributed by atoms with Gasteiger partial charge in [-0.3, -0.25) is 9.59 Å². The van der Waals surface area contributed by atoms with Crippen molar-refractivity contribution >= 4 is 11.9 Å². The Morgan fingerprint density at radius 1 is 1.08 bits per heavy atom. The van der Waals surface area contributed by atoms with Crippen molar-refractivity contribution in [3.63, 3.8) is 0 Å². The molecule has 0 saturated carbocycles. The first-order valence-corrected chi connectivity index (χ1v) is 9.19. The average molecular weight is 351 g/mol. The Balaban J connectivity index is 1.60. The molecule has 1 heterocycles. The van der Waals surface area contributed by atoms with Crippen molar-refractivity contribution in [2.45, 2.75) is 37.7 Å². The fraction of sp³-hybridized carbons (Fsp3) is 0.364. The highest BCUT2D eigenvalue weighted by Crippen LogP contribution is 2.29. The number of hydrogen-bond donors (Lipinski definition) is 0. The lowest BCUT2D eigenvalue weighted by Crippen LogP contribution is -2.36. The number of benzene rings is 2. The maximum Gasteiger partial charge on any atom is 0.306 e. The topological polar surface area (TPSA) is 46.6 Å². The fourth-order valence-corrected chi connectivity index (χ4v) is 3.48. The summed E-state index contributed by atoms with van der Waals surface area (Å²) in [4.78, 5) is 25.3. The third kappa shape index (κ3) is 4.51. The van der Waals surface area contributed by atoms with Gasteiger partial charge >= 0.3 is 5.97 Å². The molecule has 0 N–H and O–H groups in total. The molecule has 1 atom stereocenters. The van der Waals surface area contributed by atoms with Crippen LogP contribution in [0, 0.1) is 0 Å². The van der Waals surface area contributed by atoms with Crippen LogP contribution in [0.15, 0.2) is 60.7 Å². The molecule has 0 aliphatic carbocycles. The largest absolute Gasteiger partial charge is 0.452 e. The van der Waals surface area contributed by atoms with E-state index in [-0.39, 0.29) is 11.9 Å². The molecule has 4 heteroatoms.